The Morgan fingerprint density at radius 1 is 1.28 bits per heavy atom. The second kappa shape index (κ2) is 8.06. The number of methoxy groups -OCH3 is 1. The number of benzene rings is 1. The van der Waals surface area contributed by atoms with Crippen molar-refractivity contribution in [3.8, 4) is 0 Å². The van der Waals surface area contributed by atoms with Crippen LogP contribution in [0, 0.1) is 5.82 Å². The second-order valence-electron chi connectivity index (χ2n) is 4.53. The maximum Gasteiger partial charge on any atom is 0.146 e. The molecule has 0 aliphatic carbocycles. The molecule has 18 heavy (non-hydrogen) atoms. The van der Waals surface area contributed by atoms with Gasteiger partial charge in [0.05, 0.1) is 12.3 Å². The molecule has 4 heteroatoms. The largest absolute Gasteiger partial charge is 0.383 e. The zero-order valence-corrected chi connectivity index (χ0v) is 11.4. The Balaban J connectivity index is 2.36. The standard InChI is InChI=1S/C14H23FN2O/c1-12(2)17(10-11-18-3)9-8-16-14-7-5-4-6-13(14)15/h4-7,12,16H,8-11H2,1-3H3. The van der Waals surface area contributed by atoms with Crippen LogP contribution in [0.2, 0.25) is 0 Å². The Bertz CT molecular complexity index is 344. The highest BCUT2D eigenvalue weighted by Gasteiger charge is 2.08. The number of ether oxygens (including phenoxy) is 1. The molecule has 0 radical (unpaired) electrons. The first-order valence-corrected chi connectivity index (χ1v) is 6.36. The van der Waals surface area contributed by atoms with Crippen LogP contribution in [-0.4, -0.2) is 44.3 Å². The molecule has 1 aromatic carbocycles. The number of nitrogens with one attached hydrogen (secondary N) is 1. The summed E-state index contributed by atoms with van der Waals surface area (Å²) in [6.45, 7) is 7.51. The Hall–Kier alpha value is -1.13. The first-order valence-electron chi connectivity index (χ1n) is 6.36. The number of nitrogens with zero attached hydrogens (tertiary/aromatic N) is 1. The molecule has 0 aromatic heterocycles. The zero-order chi connectivity index (χ0) is 13.4. The fourth-order valence-corrected chi connectivity index (χ4v) is 1.78. The molecule has 0 saturated carbocycles. The van der Waals surface area contributed by atoms with Crippen LogP contribution in [0.3, 0.4) is 0 Å². The summed E-state index contributed by atoms with van der Waals surface area (Å²) in [6.07, 6.45) is 0. The third kappa shape index (κ3) is 5.02. The van der Waals surface area contributed by atoms with Crippen molar-refractivity contribution in [1.29, 1.82) is 0 Å². The third-order valence-electron chi connectivity index (χ3n) is 2.90. The molecular formula is C14H23FN2O. The molecule has 0 heterocycles. The van der Waals surface area contributed by atoms with Gasteiger partial charge in [-0.2, -0.15) is 0 Å². The van der Waals surface area contributed by atoms with Gasteiger partial charge in [-0.3, -0.25) is 4.90 Å². The van der Waals surface area contributed by atoms with E-state index in [1.165, 1.54) is 6.07 Å². The van der Waals surface area contributed by atoms with Gasteiger partial charge < -0.3 is 10.1 Å². The molecule has 0 fully saturated rings. The number of halogens is 1. The monoisotopic (exact) mass is 254 g/mol. The van der Waals surface area contributed by atoms with Gasteiger partial charge in [-0.05, 0) is 26.0 Å². The highest BCUT2D eigenvalue weighted by Crippen LogP contribution is 2.11. The smallest absolute Gasteiger partial charge is 0.146 e. The molecule has 0 saturated heterocycles. The Morgan fingerprint density at radius 3 is 2.61 bits per heavy atom. The molecule has 0 bridgehead atoms. The molecule has 1 N–H and O–H groups in total. The Labute approximate surface area is 109 Å². The van der Waals surface area contributed by atoms with Gasteiger partial charge in [-0.25, -0.2) is 4.39 Å². The average Bonchev–Trinajstić information content (AvgIpc) is 2.35. The normalized spacial score (nSPS) is 11.2. The van der Waals surface area contributed by atoms with Gasteiger partial charge in [0.15, 0.2) is 0 Å². The van der Waals surface area contributed by atoms with E-state index in [0.29, 0.717) is 11.7 Å². The number of hydrogen-bond donors (Lipinski definition) is 1. The third-order valence-corrected chi connectivity index (χ3v) is 2.90. The lowest BCUT2D eigenvalue weighted by Gasteiger charge is -2.26. The molecule has 0 aliphatic rings. The van der Waals surface area contributed by atoms with Gasteiger partial charge in [0.2, 0.25) is 0 Å². The van der Waals surface area contributed by atoms with Crippen molar-refractivity contribution < 1.29 is 9.13 Å². The molecule has 0 amide bonds. The van der Waals surface area contributed by atoms with E-state index in [1.54, 1.807) is 19.2 Å². The number of rotatable bonds is 8. The van der Waals surface area contributed by atoms with Crippen LogP contribution in [0.1, 0.15) is 13.8 Å². The quantitative estimate of drug-likeness (QED) is 0.771. The summed E-state index contributed by atoms with van der Waals surface area (Å²) in [5, 5.41) is 3.12. The van der Waals surface area contributed by atoms with Crippen LogP contribution < -0.4 is 5.32 Å². The fourth-order valence-electron chi connectivity index (χ4n) is 1.78. The topological polar surface area (TPSA) is 24.5 Å². The van der Waals surface area contributed by atoms with Crippen LogP contribution >= 0.6 is 0 Å². The summed E-state index contributed by atoms with van der Waals surface area (Å²) in [5.41, 5.74) is 0.563. The maximum atomic E-state index is 13.4. The lowest BCUT2D eigenvalue weighted by molar-refractivity contribution is 0.132. The van der Waals surface area contributed by atoms with Gasteiger partial charge in [0.25, 0.3) is 0 Å². The first-order chi connectivity index (χ1) is 8.65. The predicted octanol–water partition coefficient (Wildman–Crippen LogP) is 2.59. The van der Waals surface area contributed by atoms with Crippen molar-refractivity contribution >= 4 is 5.69 Å². The molecule has 3 nitrogen and oxygen atoms in total. The lowest BCUT2D eigenvalue weighted by Crippen LogP contribution is -2.37. The summed E-state index contributed by atoms with van der Waals surface area (Å²) < 4.78 is 18.5. The number of hydrogen-bond acceptors (Lipinski definition) is 3. The van der Waals surface area contributed by atoms with E-state index >= 15 is 0 Å². The van der Waals surface area contributed by atoms with Gasteiger partial charge in [0.1, 0.15) is 5.82 Å². The van der Waals surface area contributed by atoms with Crippen molar-refractivity contribution in [2.24, 2.45) is 0 Å². The lowest BCUT2D eigenvalue weighted by atomic mass is 10.3. The molecule has 1 aromatic rings. The zero-order valence-electron chi connectivity index (χ0n) is 11.4. The van der Waals surface area contributed by atoms with Gasteiger partial charge >= 0.3 is 0 Å². The molecule has 0 spiro atoms. The summed E-state index contributed by atoms with van der Waals surface area (Å²) in [5.74, 6) is -0.203. The minimum Gasteiger partial charge on any atom is -0.383 e. The predicted molar refractivity (Wildman–Crippen MR) is 73.5 cm³/mol. The second-order valence-corrected chi connectivity index (χ2v) is 4.53. The molecule has 0 atom stereocenters. The molecule has 0 aliphatic heterocycles. The fraction of sp³-hybridized carbons (Fsp3) is 0.571. The maximum absolute atomic E-state index is 13.4. The first kappa shape index (κ1) is 14.9. The Kier molecular flexibility index (Phi) is 6.68. The number of anilines is 1. The summed E-state index contributed by atoms with van der Waals surface area (Å²) in [4.78, 5) is 2.30. The van der Waals surface area contributed by atoms with E-state index in [4.69, 9.17) is 4.74 Å². The van der Waals surface area contributed by atoms with Crippen LogP contribution in [0.15, 0.2) is 24.3 Å². The van der Waals surface area contributed by atoms with E-state index in [2.05, 4.69) is 24.1 Å². The number of para-hydroxylation sites is 1. The van der Waals surface area contributed by atoms with Crippen molar-refractivity contribution in [3.63, 3.8) is 0 Å². The van der Waals surface area contributed by atoms with E-state index in [9.17, 15) is 4.39 Å². The molecule has 0 unspecified atom stereocenters. The van der Waals surface area contributed by atoms with E-state index in [0.717, 1.165) is 26.2 Å². The van der Waals surface area contributed by atoms with Crippen molar-refractivity contribution in [1.82, 2.24) is 4.90 Å². The van der Waals surface area contributed by atoms with Gasteiger partial charge in [-0.1, -0.05) is 12.1 Å². The average molecular weight is 254 g/mol. The summed E-state index contributed by atoms with van der Waals surface area (Å²) in [7, 11) is 1.70. The molecule has 102 valence electrons. The summed E-state index contributed by atoms with van der Waals surface area (Å²) >= 11 is 0. The minimum atomic E-state index is -0.203. The summed E-state index contributed by atoms with van der Waals surface area (Å²) in [6, 6.07) is 7.20. The van der Waals surface area contributed by atoms with Crippen molar-refractivity contribution in [3.05, 3.63) is 30.1 Å². The van der Waals surface area contributed by atoms with E-state index < -0.39 is 0 Å². The van der Waals surface area contributed by atoms with Crippen LogP contribution in [0.25, 0.3) is 0 Å². The van der Waals surface area contributed by atoms with Crippen molar-refractivity contribution in [2.45, 2.75) is 19.9 Å². The van der Waals surface area contributed by atoms with E-state index in [1.807, 2.05) is 6.07 Å². The SMILES string of the molecule is COCCN(CCNc1ccccc1F)C(C)C. The van der Waals surface area contributed by atoms with Crippen LogP contribution in [0.5, 0.6) is 0 Å². The highest BCUT2D eigenvalue weighted by molar-refractivity contribution is 5.44. The van der Waals surface area contributed by atoms with Gasteiger partial charge in [0, 0.05) is 32.8 Å². The highest BCUT2D eigenvalue weighted by atomic mass is 19.1. The molecular weight excluding hydrogens is 231 g/mol. The van der Waals surface area contributed by atoms with E-state index in [-0.39, 0.29) is 5.82 Å². The molecule has 1 rings (SSSR count). The van der Waals surface area contributed by atoms with Crippen molar-refractivity contribution in [2.75, 3.05) is 38.7 Å². The van der Waals surface area contributed by atoms with Gasteiger partial charge in [-0.15, -0.1) is 0 Å². The van der Waals surface area contributed by atoms with Crippen LogP contribution in [0.4, 0.5) is 10.1 Å². The Morgan fingerprint density at radius 2 is 2.00 bits per heavy atom. The van der Waals surface area contributed by atoms with Crippen LogP contribution in [-0.2, 0) is 4.74 Å². The minimum absolute atomic E-state index is 0.203.